The molecule has 6 nitrogen and oxygen atoms in total. The molecule has 1 amide bonds. The molecule has 6 heteroatoms. The minimum absolute atomic E-state index is 0.128. The van der Waals surface area contributed by atoms with Gasteiger partial charge < -0.3 is 9.84 Å². The zero-order valence-electron chi connectivity index (χ0n) is 15.5. The number of amides is 1. The van der Waals surface area contributed by atoms with Gasteiger partial charge in [-0.2, -0.15) is 5.26 Å². The van der Waals surface area contributed by atoms with E-state index in [-0.39, 0.29) is 18.4 Å². The van der Waals surface area contributed by atoms with E-state index in [0.29, 0.717) is 22.7 Å². The summed E-state index contributed by atoms with van der Waals surface area (Å²) in [5, 5.41) is 18.6. The van der Waals surface area contributed by atoms with Gasteiger partial charge in [-0.15, -0.1) is 0 Å². The highest BCUT2D eigenvalue weighted by atomic mass is 16.5. The second-order valence-electron chi connectivity index (χ2n) is 6.20. The number of carboxylic acid groups (broad SMARTS) is 1. The third-order valence-electron chi connectivity index (χ3n) is 4.22. The molecule has 0 aliphatic carbocycles. The van der Waals surface area contributed by atoms with Crippen LogP contribution in [0.3, 0.4) is 0 Å². The van der Waals surface area contributed by atoms with E-state index in [1.54, 1.807) is 60.7 Å². The first-order chi connectivity index (χ1) is 14.1. The molecule has 29 heavy (non-hydrogen) atoms. The van der Waals surface area contributed by atoms with E-state index >= 15 is 0 Å². The molecule has 0 spiro atoms. The van der Waals surface area contributed by atoms with Gasteiger partial charge in [-0.05, 0) is 48.4 Å². The number of para-hydroxylation sites is 2. The second-order valence-corrected chi connectivity index (χ2v) is 6.20. The Kier molecular flexibility index (Phi) is 6.23. The molecular weight excluding hydrogens is 368 g/mol. The monoisotopic (exact) mass is 386 g/mol. The van der Waals surface area contributed by atoms with E-state index in [0.717, 1.165) is 4.90 Å². The molecule has 0 aromatic heterocycles. The Morgan fingerprint density at radius 3 is 2.21 bits per heavy atom. The third kappa shape index (κ3) is 4.99. The molecule has 0 atom stereocenters. The number of benzene rings is 3. The van der Waals surface area contributed by atoms with Crippen LogP contribution in [0.25, 0.3) is 0 Å². The molecule has 0 aliphatic rings. The zero-order valence-corrected chi connectivity index (χ0v) is 15.5. The largest absolute Gasteiger partial charge is 0.481 e. The minimum atomic E-state index is -0.965. The fourth-order valence-electron chi connectivity index (χ4n) is 2.82. The minimum Gasteiger partial charge on any atom is -0.481 e. The SMILES string of the molecule is N#CN(C(=O)c1cc(Oc2ccccc2)ccc1CCC(=O)O)c1ccccc1. The number of aryl methyl sites for hydroxylation is 1. The van der Waals surface area contributed by atoms with Crippen LogP contribution in [0.15, 0.2) is 78.9 Å². The molecule has 3 rings (SSSR count). The van der Waals surface area contributed by atoms with E-state index in [2.05, 4.69) is 0 Å². The van der Waals surface area contributed by atoms with Gasteiger partial charge in [0.25, 0.3) is 5.91 Å². The zero-order chi connectivity index (χ0) is 20.6. The van der Waals surface area contributed by atoms with Crippen molar-refractivity contribution in [1.82, 2.24) is 0 Å². The maximum atomic E-state index is 13.1. The molecule has 0 fully saturated rings. The van der Waals surface area contributed by atoms with Crippen molar-refractivity contribution >= 4 is 17.6 Å². The number of carbonyl (C=O) groups excluding carboxylic acids is 1. The maximum absolute atomic E-state index is 13.1. The Hall–Kier alpha value is -4.11. The van der Waals surface area contributed by atoms with Gasteiger partial charge in [0.05, 0.1) is 5.69 Å². The number of hydrogen-bond donors (Lipinski definition) is 1. The van der Waals surface area contributed by atoms with Gasteiger partial charge in [-0.3, -0.25) is 9.59 Å². The molecule has 0 radical (unpaired) electrons. The predicted octanol–water partition coefficient (Wildman–Crippen LogP) is 4.62. The average molecular weight is 386 g/mol. The topological polar surface area (TPSA) is 90.6 Å². The first-order valence-corrected chi connectivity index (χ1v) is 8.95. The summed E-state index contributed by atoms with van der Waals surface area (Å²) in [7, 11) is 0. The fraction of sp³-hybridized carbons (Fsp3) is 0.0870. The number of anilines is 1. The number of aliphatic carboxylic acids is 1. The molecule has 0 heterocycles. The first kappa shape index (κ1) is 19.6. The molecule has 0 aliphatic heterocycles. The molecule has 3 aromatic carbocycles. The summed E-state index contributed by atoms with van der Waals surface area (Å²) in [4.78, 5) is 25.1. The van der Waals surface area contributed by atoms with Crippen molar-refractivity contribution in [3.05, 3.63) is 90.0 Å². The number of nitrogens with zero attached hydrogens (tertiary/aromatic N) is 2. The van der Waals surface area contributed by atoms with Crippen molar-refractivity contribution in [3.8, 4) is 17.7 Å². The number of carboxylic acids is 1. The quantitative estimate of drug-likeness (QED) is 0.472. The third-order valence-corrected chi connectivity index (χ3v) is 4.22. The van der Waals surface area contributed by atoms with E-state index in [1.807, 2.05) is 24.4 Å². The highest BCUT2D eigenvalue weighted by Gasteiger charge is 2.22. The van der Waals surface area contributed by atoms with E-state index < -0.39 is 11.9 Å². The van der Waals surface area contributed by atoms with Gasteiger partial charge >= 0.3 is 5.97 Å². The van der Waals surface area contributed by atoms with Crippen molar-refractivity contribution in [1.29, 1.82) is 5.26 Å². The van der Waals surface area contributed by atoms with Crippen molar-refractivity contribution in [2.45, 2.75) is 12.8 Å². The lowest BCUT2D eigenvalue weighted by Gasteiger charge is -2.17. The van der Waals surface area contributed by atoms with Crippen LogP contribution < -0.4 is 9.64 Å². The van der Waals surface area contributed by atoms with Gasteiger partial charge in [0, 0.05) is 12.0 Å². The lowest BCUT2D eigenvalue weighted by Crippen LogP contribution is -2.26. The van der Waals surface area contributed by atoms with Crippen LogP contribution in [0, 0.1) is 11.5 Å². The summed E-state index contributed by atoms with van der Waals surface area (Å²) in [6.45, 7) is 0. The van der Waals surface area contributed by atoms with Crippen LogP contribution in [0.2, 0.25) is 0 Å². The van der Waals surface area contributed by atoms with Crippen LogP contribution in [-0.4, -0.2) is 17.0 Å². The number of rotatable bonds is 7. The van der Waals surface area contributed by atoms with Crippen molar-refractivity contribution in [2.24, 2.45) is 0 Å². The van der Waals surface area contributed by atoms with Gasteiger partial charge in [-0.25, -0.2) is 4.90 Å². The Bertz CT molecular complexity index is 1040. The molecule has 3 aromatic rings. The van der Waals surface area contributed by atoms with Crippen molar-refractivity contribution in [3.63, 3.8) is 0 Å². The van der Waals surface area contributed by atoms with Crippen LogP contribution >= 0.6 is 0 Å². The highest BCUT2D eigenvalue weighted by Crippen LogP contribution is 2.27. The maximum Gasteiger partial charge on any atom is 0.303 e. The van der Waals surface area contributed by atoms with Gasteiger partial charge in [0.1, 0.15) is 11.5 Å². The summed E-state index contributed by atoms with van der Waals surface area (Å²) < 4.78 is 5.80. The molecule has 0 saturated carbocycles. The van der Waals surface area contributed by atoms with Gasteiger partial charge in [-0.1, -0.05) is 42.5 Å². The van der Waals surface area contributed by atoms with Crippen LogP contribution in [0.4, 0.5) is 5.69 Å². The molecule has 0 unspecified atom stereocenters. The fourth-order valence-corrected chi connectivity index (χ4v) is 2.82. The van der Waals surface area contributed by atoms with Crippen LogP contribution in [0.1, 0.15) is 22.3 Å². The molecule has 0 saturated heterocycles. The molecule has 1 N–H and O–H groups in total. The van der Waals surface area contributed by atoms with Gasteiger partial charge in [0.15, 0.2) is 6.19 Å². The second kappa shape index (κ2) is 9.20. The van der Waals surface area contributed by atoms with Crippen molar-refractivity contribution in [2.75, 3.05) is 4.90 Å². The van der Waals surface area contributed by atoms with Crippen molar-refractivity contribution < 1.29 is 19.4 Å². The van der Waals surface area contributed by atoms with Crippen LogP contribution in [0.5, 0.6) is 11.5 Å². The van der Waals surface area contributed by atoms with E-state index in [1.165, 1.54) is 0 Å². The lowest BCUT2D eigenvalue weighted by atomic mass is 10.0. The molecular formula is C23H18N2O4. The summed E-state index contributed by atoms with van der Waals surface area (Å²) in [6.07, 6.45) is 1.94. The van der Waals surface area contributed by atoms with Crippen LogP contribution in [-0.2, 0) is 11.2 Å². The molecule has 144 valence electrons. The number of ether oxygens (including phenoxy) is 1. The van der Waals surface area contributed by atoms with Gasteiger partial charge in [0.2, 0.25) is 0 Å². The Labute approximate surface area is 168 Å². The number of nitriles is 1. The first-order valence-electron chi connectivity index (χ1n) is 8.95. The summed E-state index contributed by atoms with van der Waals surface area (Å²) in [5.41, 5.74) is 1.19. The Morgan fingerprint density at radius 2 is 1.59 bits per heavy atom. The lowest BCUT2D eigenvalue weighted by molar-refractivity contribution is -0.136. The van der Waals surface area contributed by atoms with E-state index in [4.69, 9.17) is 9.84 Å². The Morgan fingerprint density at radius 1 is 0.931 bits per heavy atom. The summed E-state index contributed by atoms with van der Waals surface area (Å²) in [5.74, 6) is -0.486. The smallest absolute Gasteiger partial charge is 0.303 e. The number of hydrogen-bond acceptors (Lipinski definition) is 4. The van der Waals surface area contributed by atoms with E-state index in [9.17, 15) is 14.9 Å². The average Bonchev–Trinajstić information content (AvgIpc) is 2.74. The molecule has 0 bridgehead atoms. The summed E-state index contributed by atoms with van der Waals surface area (Å²) in [6, 6.07) is 22.5. The predicted molar refractivity (Wildman–Crippen MR) is 108 cm³/mol. The Balaban J connectivity index is 1.97. The normalized spacial score (nSPS) is 10.0. The standard InChI is InChI=1S/C23H18N2O4/c24-16-25(18-7-3-1-4-8-18)23(28)21-15-20(29-19-9-5-2-6-10-19)13-11-17(21)12-14-22(26)27/h1-11,13,15H,12,14H2,(H,26,27). The highest BCUT2D eigenvalue weighted by molar-refractivity contribution is 6.09. The summed E-state index contributed by atoms with van der Waals surface area (Å²) >= 11 is 0. The number of carbonyl (C=O) groups is 2.